The van der Waals surface area contributed by atoms with Crippen LogP contribution in [0.15, 0.2) is 66.7 Å². The molecule has 2 aliphatic heterocycles. The molecule has 0 bridgehead atoms. The lowest BCUT2D eigenvalue weighted by atomic mass is 10.1. The summed E-state index contributed by atoms with van der Waals surface area (Å²) in [5.41, 5.74) is 2.53. The first-order valence-electron chi connectivity index (χ1n) is 10.6. The van der Waals surface area contributed by atoms with Gasteiger partial charge >= 0.3 is 6.03 Å². The summed E-state index contributed by atoms with van der Waals surface area (Å²) in [5.74, 6) is -0.543. The van der Waals surface area contributed by atoms with Crippen LogP contribution in [0.4, 0.5) is 25.0 Å². The molecule has 8 heteroatoms. The third-order valence-corrected chi connectivity index (χ3v) is 7.47. The average molecular weight is 466 g/mol. The summed E-state index contributed by atoms with van der Waals surface area (Å²) < 4.78 is 28.4. The fourth-order valence-corrected chi connectivity index (χ4v) is 5.84. The van der Waals surface area contributed by atoms with Crippen LogP contribution < -0.4 is 10.2 Å². The third kappa shape index (κ3) is 3.45. The number of thioether (sulfide) groups is 1. The smallest absolute Gasteiger partial charge is 0.308 e. The van der Waals surface area contributed by atoms with Crippen LogP contribution in [0.1, 0.15) is 16.7 Å². The summed E-state index contributed by atoms with van der Waals surface area (Å²) in [6.07, 6.45) is 0. The van der Waals surface area contributed by atoms with Crippen molar-refractivity contribution in [1.82, 2.24) is 4.90 Å². The molecule has 2 aliphatic rings. The van der Waals surface area contributed by atoms with E-state index in [1.807, 2.05) is 24.3 Å². The minimum absolute atomic E-state index is 0.0590. The first kappa shape index (κ1) is 21.5. The van der Waals surface area contributed by atoms with E-state index in [1.165, 1.54) is 33.7 Å². The Bertz CT molecular complexity index is 1270. The summed E-state index contributed by atoms with van der Waals surface area (Å²) in [6, 6.07) is 17.6. The molecule has 0 aliphatic carbocycles. The molecule has 1 fully saturated rings. The van der Waals surface area contributed by atoms with Gasteiger partial charge in [0.15, 0.2) is 4.87 Å². The minimum Gasteiger partial charge on any atom is -0.308 e. The van der Waals surface area contributed by atoms with Crippen molar-refractivity contribution in [2.75, 3.05) is 22.5 Å². The molecule has 2 heterocycles. The SMILES string of the molecule is Cc1ccc(NC(=O)N2CCSC23C(=O)N(Cc2ccccc2F)c2ccccc23)cc1F. The molecule has 3 amide bonds. The molecule has 0 aromatic heterocycles. The lowest BCUT2D eigenvalue weighted by molar-refractivity contribution is -0.123. The molecule has 0 saturated carbocycles. The molecule has 1 N–H and O–H groups in total. The number of amides is 3. The number of fused-ring (bicyclic) bond motifs is 2. The standard InChI is InChI=1S/C25H21F2N3O2S/c1-16-10-11-18(14-21(16)27)28-24(32)30-12-13-33-25(30)19-7-3-5-9-22(19)29(23(25)31)15-17-6-2-4-8-20(17)26/h2-11,14H,12-13,15H2,1H3,(H,28,32). The second-order valence-electron chi connectivity index (χ2n) is 8.04. The Balaban J connectivity index is 1.51. The van der Waals surface area contributed by atoms with E-state index in [0.29, 0.717) is 40.4 Å². The van der Waals surface area contributed by atoms with Crippen molar-refractivity contribution < 1.29 is 18.4 Å². The number of hydrogen-bond acceptors (Lipinski definition) is 3. The number of urea groups is 1. The quantitative estimate of drug-likeness (QED) is 0.575. The van der Waals surface area contributed by atoms with Gasteiger partial charge in [-0.2, -0.15) is 0 Å². The highest BCUT2D eigenvalue weighted by Gasteiger charge is 2.59. The van der Waals surface area contributed by atoms with Crippen LogP contribution in [-0.2, 0) is 16.2 Å². The molecule has 3 aromatic carbocycles. The van der Waals surface area contributed by atoms with Crippen LogP contribution >= 0.6 is 11.8 Å². The molecule has 1 unspecified atom stereocenters. The van der Waals surface area contributed by atoms with Gasteiger partial charge in [-0.1, -0.05) is 42.5 Å². The fraction of sp³-hybridized carbons (Fsp3) is 0.200. The molecule has 5 nitrogen and oxygen atoms in total. The molecule has 33 heavy (non-hydrogen) atoms. The van der Waals surface area contributed by atoms with Crippen molar-refractivity contribution in [1.29, 1.82) is 0 Å². The topological polar surface area (TPSA) is 52.7 Å². The number of nitrogens with zero attached hydrogens (tertiary/aromatic N) is 2. The Hall–Kier alpha value is -3.39. The second kappa shape index (κ2) is 8.19. The molecule has 5 rings (SSSR count). The number of halogens is 2. The van der Waals surface area contributed by atoms with Gasteiger partial charge in [-0.25, -0.2) is 13.6 Å². The van der Waals surface area contributed by atoms with Gasteiger partial charge in [0.05, 0.1) is 12.2 Å². The number of hydrogen-bond donors (Lipinski definition) is 1. The predicted molar refractivity (Wildman–Crippen MR) is 125 cm³/mol. The van der Waals surface area contributed by atoms with Gasteiger partial charge in [0.1, 0.15) is 11.6 Å². The summed E-state index contributed by atoms with van der Waals surface area (Å²) in [4.78, 5) is 28.9. The molecule has 1 atom stereocenters. The van der Waals surface area contributed by atoms with Crippen molar-refractivity contribution >= 4 is 35.1 Å². The number of nitrogens with one attached hydrogen (secondary N) is 1. The number of aryl methyl sites for hydroxylation is 1. The second-order valence-corrected chi connectivity index (χ2v) is 9.33. The van der Waals surface area contributed by atoms with E-state index < -0.39 is 16.7 Å². The Morgan fingerprint density at radius 2 is 1.82 bits per heavy atom. The molecule has 1 spiro atoms. The molecular weight excluding hydrogens is 444 g/mol. The maximum Gasteiger partial charge on any atom is 0.323 e. The predicted octanol–water partition coefficient (Wildman–Crippen LogP) is 5.25. The zero-order valence-corrected chi connectivity index (χ0v) is 18.7. The van der Waals surface area contributed by atoms with Crippen molar-refractivity contribution in [3.05, 3.63) is 95.1 Å². The largest absolute Gasteiger partial charge is 0.323 e. The fourth-order valence-electron chi connectivity index (χ4n) is 4.38. The van der Waals surface area contributed by atoms with Gasteiger partial charge in [0.25, 0.3) is 5.91 Å². The Kier molecular flexibility index (Phi) is 5.32. The van der Waals surface area contributed by atoms with Gasteiger partial charge in [0, 0.05) is 29.1 Å². The highest BCUT2D eigenvalue weighted by Crippen LogP contribution is 2.54. The van der Waals surface area contributed by atoms with Gasteiger partial charge in [-0.15, -0.1) is 11.8 Å². The van der Waals surface area contributed by atoms with Crippen molar-refractivity contribution in [3.8, 4) is 0 Å². The zero-order chi connectivity index (χ0) is 23.2. The lowest BCUT2D eigenvalue weighted by Crippen LogP contribution is -2.51. The summed E-state index contributed by atoms with van der Waals surface area (Å²) >= 11 is 1.38. The summed E-state index contributed by atoms with van der Waals surface area (Å²) in [5, 5.41) is 2.73. The third-order valence-electron chi connectivity index (χ3n) is 6.06. The highest BCUT2D eigenvalue weighted by atomic mass is 32.2. The van der Waals surface area contributed by atoms with E-state index in [2.05, 4.69) is 5.32 Å². The minimum atomic E-state index is -1.25. The first-order chi connectivity index (χ1) is 15.9. The van der Waals surface area contributed by atoms with Crippen molar-refractivity contribution in [2.24, 2.45) is 0 Å². The van der Waals surface area contributed by atoms with Crippen LogP contribution in [0.3, 0.4) is 0 Å². The van der Waals surface area contributed by atoms with Crippen LogP contribution in [0.2, 0.25) is 0 Å². The van der Waals surface area contributed by atoms with E-state index in [1.54, 1.807) is 37.3 Å². The normalized spacial score (nSPS) is 19.3. The number of carbonyl (C=O) groups is 2. The number of para-hydroxylation sites is 1. The van der Waals surface area contributed by atoms with Crippen molar-refractivity contribution in [3.63, 3.8) is 0 Å². The van der Waals surface area contributed by atoms with Crippen LogP contribution in [0.25, 0.3) is 0 Å². The van der Waals surface area contributed by atoms with Crippen LogP contribution in [0, 0.1) is 18.6 Å². The highest BCUT2D eigenvalue weighted by molar-refractivity contribution is 8.01. The van der Waals surface area contributed by atoms with E-state index in [-0.39, 0.29) is 18.3 Å². The maximum atomic E-state index is 14.4. The number of rotatable bonds is 3. The average Bonchev–Trinajstić information content (AvgIpc) is 3.35. The number of anilines is 2. The van der Waals surface area contributed by atoms with Crippen LogP contribution in [-0.4, -0.2) is 29.1 Å². The number of benzene rings is 3. The summed E-state index contributed by atoms with van der Waals surface area (Å²) in [7, 11) is 0. The summed E-state index contributed by atoms with van der Waals surface area (Å²) in [6.45, 7) is 2.05. The van der Waals surface area contributed by atoms with Gasteiger partial charge in [-0.05, 0) is 36.8 Å². The lowest BCUT2D eigenvalue weighted by Gasteiger charge is -2.33. The maximum absolute atomic E-state index is 14.4. The van der Waals surface area contributed by atoms with Crippen molar-refractivity contribution in [2.45, 2.75) is 18.3 Å². The van der Waals surface area contributed by atoms with E-state index in [9.17, 15) is 18.4 Å². The van der Waals surface area contributed by atoms with E-state index in [0.717, 1.165) is 0 Å². The van der Waals surface area contributed by atoms with Crippen LogP contribution in [0.5, 0.6) is 0 Å². The zero-order valence-electron chi connectivity index (χ0n) is 17.8. The monoisotopic (exact) mass is 465 g/mol. The molecule has 168 valence electrons. The van der Waals surface area contributed by atoms with E-state index in [4.69, 9.17) is 0 Å². The Morgan fingerprint density at radius 1 is 1.06 bits per heavy atom. The molecule has 3 aromatic rings. The number of carbonyl (C=O) groups excluding carboxylic acids is 2. The van der Waals surface area contributed by atoms with Gasteiger partial charge in [-0.3, -0.25) is 9.69 Å². The Labute approximate surface area is 194 Å². The molecular formula is C25H21F2N3O2S. The van der Waals surface area contributed by atoms with Gasteiger partial charge < -0.3 is 10.2 Å². The van der Waals surface area contributed by atoms with E-state index >= 15 is 0 Å². The van der Waals surface area contributed by atoms with Gasteiger partial charge in [0.2, 0.25) is 0 Å². The molecule has 1 saturated heterocycles. The first-order valence-corrected chi connectivity index (χ1v) is 11.5. The molecule has 0 radical (unpaired) electrons. The Morgan fingerprint density at radius 3 is 2.61 bits per heavy atom.